The van der Waals surface area contributed by atoms with Crippen LogP contribution in [-0.4, -0.2) is 0 Å². The lowest BCUT2D eigenvalue weighted by Gasteiger charge is -2.29. The van der Waals surface area contributed by atoms with Crippen LogP contribution in [0.25, 0.3) is 0 Å². The third-order valence-electron chi connectivity index (χ3n) is 3.12. The number of rotatable bonds is 2. The predicted molar refractivity (Wildman–Crippen MR) is 68.7 cm³/mol. The molecule has 2 atom stereocenters. The third kappa shape index (κ3) is 6.45. The lowest BCUT2D eigenvalue weighted by molar-refractivity contribution is 0.224. The molecule has 0 radical (unpaired) electrons. The Morgan fingerprint density at radius 2 is 1.00 bits per heavy atom. The van der Waals surface area contributed by atoms with E-state index in [1.54, 1.807) is 0 Å². The molecule has 1 fully saturated rings. The fraction of sp³-hybridized carbons (Fsp3) is 1.00. The van der Waals surface area contributed by atoms with Crippen molar-refractivity contribution in [2.75, 3.05) is 0 Å². The predicted octanol–water partition coefficient (Wildman–Crippen LogP) is 5.67. The van der Waals surface area contributed by atoms with Gasteiger partial charge in [0.25, 0.3) is 0 Å². The van der Waals surface area contributed by atoms with E-state index in [2.05, 4.69) is 13.8 Å². The van der Waals surface area contributed by atoms with Crippen LogP contribution in [-0.2, 0) is 0 Å². The van der Waals surface area contributed by atoms with Gasteiger partial charge in [0.05, 0.1) is 0 Å². The van der Waals surface area contributed by atoms with Crippen molar-refractivity contribution in [2.45, 2.75) is 80.1 Å². The maximum Gasteiger partial charge on any atom is -0.0389 e. The summed E-state index contributed by atoms with van der Waals surface area (Å²) in [5.74, 6) is 2.14. The minimum absolute atomic E-state index is 1.07. The van der Waals surface area contributed by atoms with Crippen LogP contribution < -0.4 is 0 Å². The van der Waals surface area contributed by atoms with Gasteiger partial charge in [0.1, 0.15) is 0 Å². The van der Waals surface area contributed by atoms with Gasteiger partial charge in [0, 0.05) is 0 Å². The van der Waals surface area contributed by atoms with Gasteiger partial charge < -0.3 is 0 Å². The zero-order valence-corrected chi connectivity index (χ0v) is 11.4. The lowest BCUT2D eigenvalue weighted by Crippen LogP contribution is -2.17. The maximum absolute atomic E-state index is 2.35. The van der Waals surface area contributed by atoms with E-state index in [0.29, 0.717) is 0 Å². The van der Waals surface area contributed by atoms with Crippen molar-refractivity contribution >= 4 is 0 Å². The molecule has 0 aliphatic heterocycles. The molecule has 2 unspecified atom stereocenters. The van der Waals surface area contributed by atoms with Gasteiger partial charge in [-0.3, -0.25) is 0 Å². The van der Waals surface area contributed by atoms with Crippen LogP contribution in [0.4, 0.5) is 0 Å². The molecule has 0 aromatic carbocycles. The van der Waals surface area contributed by atoms with Crippen LogP contribution in [0.5, 0.6) is 0 Å². The first-order valence-corrected chi connectivity index (χ1v) is 6.88. The highest BCUT2D eigenvalue weighted by Crippen LogP contribution is 2.33. The lowest BCUT2D eigenvalue weighted by atomic mass is 9.77. The highest BCUT2D eigenvalue weighted by atomic mass is 14.3. The van der Waals surface area contributed by atoms with Crippen molar-refractivity contribution < 1.29 is 0 Å². The minimum Gasteiger partial charge on any atom is -0.0683 e. The van der Waals surface area contributed by atoms with Crippen LogP contribution in [0.3, 0.4) is 0 Å². The standard InChI is InChI=1S/C10H20.2C2H6/c1-3-9-7-5-6-8-10(9)4-2;2*1-2/h9-10H,3-8H2,1-2H3;2*1-2H3. The van der Waals surface area contributed by atoms with Gasteiger partial charge in [0.15, 0.2) is 0 Å². The molecule has 1 aliphatic rings. The average Bonchev–Trinajstić information content (AvgIpc) is 2.34. The monoisotopic (exact) mass is 200 g/mol. The molecule has 0 aromatic rings. The Bertz CT molecular complexity index is 74.0. The Labute approximate surface area is 92.5 Å². The summed E-state index contributed by atoms with van der Waals surface area (Å²) < 4.78 is 0. The van der Waals surface area contributed by atoms with E-state index in [1.807, 2.05) is 27.7 Å². The topological polar surface area (TPSA) is 0 Å². The molecule has 0 heterocycles. The van der Waals surface area contributed by atoms with Gasteiger partial charge in [-0.15, -0.1) is 0 Å². The van der Waals surface area contributed by atoms with Crippen molar-refractivity contribution in [3.05, 3.63) is 0 Å². The van der Waals surface area contributed by atoms with E-state index in [4.69, 9.17) is 0 Å². The highest BCUT2D eigenvalue weighted by molar-refractivity contribution is 4.72. The second kappa shape index (κ2) is 13.0. The summed E-state index contributed by atoms with van der Waals surface area (Å²) >= 11 is 0. The molecule has 0 bridgehead atoms. The molecule has 88 valence electrons. The van der Waals surface area contributed by atoms with Crippen molar-refractivity contribution in [3.8, 4) is 0 Å². The van der Waals surface area contributed by atoms with Gasteiger partial charge in [-0.25, -0.2) is 0 Å². The molecular formula is C14H32. The summed E-state index contributed by atoms with van der Waals surface area (Å²) in [6, 6.07) is 0. The first-order valence-electron chi connectivity index (χ1n) is 6.88. The Hall–Kier alpha value is 0. The Kier molecular flexibility index (Phi) is 15.3. The summed E-state index contributed by atoms with van der Waals surface area (Å²) in [7, 11) is 0. The summed E-state index contributed by atoms with van der Waals surface area (Å²) in [5.41, 5.74) is 0. The van der Waals surface area contributed by atoms with Crippen LogP contribution in [0.15, 0.2) is 0 Å². The normalized spacial score (nSPS) is 25.3. The molecule has 1 rings (SSSR count). The summed E-state index contributed by atoms with van der Waals surface area (Å²) in [4.78, 5) is 0. The SMILES string of the molecule is CC.CC.CCC1CCCCC1CC. The molecular weight excluding hydrogens is 168 g/mol. The summed E-state index contributed by atoms with van der Waals surface area (Å²) in [6.45, 7) is 12.7. The zero-order valence-electron chi connectivity index (χ0n) is 11.4. The number of hydrogen-bond acceptors (Lipinski definition) is 0. The largest absolute Gasteiger partial charge is 0.0683 e. The van der Waals surface area contributed by atoms with Crippen molar-refractivity contribution in [2.24, 2.45) is 11.8 Å². The molecule has 1 aliphatic carbocycles. The summed E-state index contributed by atoms with van der Waals surface area (Å²) in [5, 5.41) is 0. The smallest absolute Gasteiger partial charge is 0.0389 e. The van der Waals surface area contributed by atoms with E-state index in [9.17, 15) is 0 Å². The minimum atomic E-state index is 1.07. The highest BCUT2D eigenvalue weighted by Gasteiger charge is 2.21. The van der Waals surface area contributed by atoms with Crippen LogP contribution >= 0.6 is 0 Å². The third-order valence-corrected chi connectivity index (χ3v) is 3.12. The fourth-order valence-electron chi connectivity index (χ4n) is 2.36. The van der Waals surface area contributed by atoms with E-state index in [1.165, 1.54) is 38.5 Å². The zero-order chi connectivity index (χ0) is 11.4. The van der Waals surface area contributed by atoms with Crippen molar-refractivity contribution in [3.63, 3.8) is 0 Å². The summed E-state index contributed by atoms with van der Waals surface area (Å²) in [6.07, 6.45) is 8.84. The molecule has 0 amide bonds. The van der Waals surface area contributed by atoms with E-state index in [-0.39, 0.29) is 0 Å². The fourth-order valence-corrected chi connectivity index (χ4v) is 2.36. The Morgan fingerprint density at radius 3 is 1.21 bits per heavy atom. The first kappa shape index (κ1) is 16.4. The molecule has 0 spiro atoms. The average molecular weight is 200 g/mol. The molecule has 0 aromatic heterocycles. The quantitative estimate of drug-likeness (QED) is 0.539. The first-order chi connectivity index (χ1) is 6.88. The molecule has 0 heteroatoms. The van der Waals surface area contributed by atoms with Gasteiger partial charge in [-0.2, -0.15) is 0 Å². The van der Waals surface area contributed by atoms with Gasteiger partial charge in [-0.1, -0.05) is 80.1 Å². The Morgan fingerprint density at radius 1 is 0.714 bits per heavy atom. The molecule has 0 nitrogen and oxygen atoms in total. The van der Waals surface area contributed by atoms with Crippen molar-refractivity contribution in [1.82, 2.24) is 0 Å². The van der Waals surface area contributed by atoms with E-state index in [0.717, 1.165) is 11.8 Å². The molecule has 1 saturated carbocycles. The van der Waals surface area contributed by atoms with Gasteiger partial charge in [0.2, 0.25) is 0 Å². The van der Waals surface area contributed by atoms with E-state index >= 15 is 0 Å². The van der Waals surface area contributed by atoms with Crippen LogP contribution in [0.2, 0.25) is 0 Å². The second-order valence-electron chi connectivity index (χ2n) is 3.62. The maximum atomic E-state index is 2.35. The van der Waals surface area contributed by atoms with Gasteiger partial charge >= 0.3 is 0 Å². The van der Waals surface area contributed by atoms with Crippen molar-refractivity contribution in [1.29, 1.82) is 0 Å². The molecule has 14 heavy (non-hydrogen) atoms. The van der Waals surface area contributed by atoms with Gasteiger partial charge in [-0.05, 0) is 11.8 Å². The molecule has 0 saturated heterocycles. The Balaban J connectivity index is 0. The van der Waals surface area contributed by atoms with E-state index < -0.39 is 0 Å². The number of hydrogen-bond donors (Lipinski definition) is 0. The molecule has 0 N–H and O–H groups in total. The second-order valence-corrected chi connectivity index (χ2v) is 3.62. The van der Waals surface area contributed by atoms with Crippen LogP contribution in [0.1, 0.15) is 80.1 Å². The van der Waals surface area contributed by atoms with Crippen LogP contribution in [0, 0.1) is 11.8 Å².